The second kappa shape index (κ2) is 6.54. The zero-order valence-corrected chi connectivity index (χ0v) is 13.6. The third-order valence-corrected chi connectivity index (χ3v) is 3.89. The smallest absolute Gasteiger partial charge is 0.314 e. The van der Waals surface area contributed by atoms with Gasteiger partial charge in [0.15, 0.2) is 0 Å². The third kappa shape index (κ3) is 3.27. The zero-order valence-electron chi connectivity index (χ0n) is 13.6. The molecule has 0 aliphatic heterocycles. The van der Waals surface area contributed by atoms with Crippen molar-refractivity contribution in [3.05, 3.63) is 71.8 Å². The number of carbonyl (C=O) groups is 2. The van der Waals surface area contributed by atoms with Crippen molar-refractivity contribution in [3.8, 4) is 0 Å². The summed E-state index contributed by atoms with van der Waals surface area (Å²) in [7, 11) is 0. The van der Waals surface area contributed by atoms with Crippen LogP contribution in [0.5, 0.6) is 0 Å². The Morgan fingerprint density at radius 2 is 1.42 bits per heavy atom. The maximum absolute atomic E-state index is 12.2. The van der Waals surface area contributed by atoms with Crippen molar-refractivity contribution in [1.82, 2.24) is 0 Å². The molecule has 4 heteroatoms. The van der Waals surface area contributed by atoms with Crippen LogP contribution in [0.3, 0.4) is 0 Å². The summed E-state index contributed by atoms with van der Waals surface area (Å²) in [6, 6.07) is 19.0. The van der Waals surface area contributed by atoms with Gasteiger partial charge in [0.05, 0.1) is 0 Å². The largest absolute Gasteiger partial charge is 0.318 e. The van der Waals surface area contributed by atoms with Crippen LogP contribution in [0.1, 0.15) is 11.1 Å². The topological polar surface area (TPSA) is 58.2 Å². The van der Waals surface area contributed by atoms with Crippen LogP contribution in [0, 0.1) is 13.8 Å². The monoisotopic (exact) mass is 318 g/mol. The zero-order chi connectivity index (χ0) is 17.1. The fourth-order valence-electron chi connectivity index (χ4n) is 2.56. The number of nitrogens with one attached hydrogen (secondary N) is 2. The lowest BCUT2D eigenvalue weighted by atomic mass is 10.1. The molecule has 0 aliphatic rings. The van der Waals surface area contributed by atoms with Gasteiger partial charge in [0, 0.05) is 16.8 Å². The highest BCUT2D eigenvalue weighted by Gasteiger charge is 2.16. The van der Waals surface area contributed by atoms with E-state index in [0.29, 0.717) is 11.4 Å². The first kappa shape index (κ1) is 15.7. The Bertz CT molecular complexity index is 927. The summed E-state index contributed by atoms with van der Waals surface area (Å²) in [5.41, 5.74) is 3.19. The SMILES string of the molecule is Cc1ccc(C)c(NC(=O)C(=O)Nc2cccc3ccccc23)c1. The number of fused-ring (bicyclic) bond motifs is 1. The van der Waals surface area contributed by atoms with E-state index in [2.05, 4.69) is 10.6 Å². The molecule has 0 aromatic heterocycles. The van der Waals surface area contributed by atoms with Gasteiger partial charge < -0.3 is 10.6 Å². The number of hydrogen-bond donors (Lipinski definition) is 2. The molecule has 0 unspecified atom stereocenters. The van der Waals surface area contributed by atoms with Gasteiger partial charge in [0.2, 0.25) is 0 Å². The highest BCUT2D eigenvalue weighted by molar-refractivity contribution is 6.44. The highest BCUT2D eigenvalue weighted by Crippen LogP contribution is 2.23. The van der Waals surface area contributed by atoms with Crippen molar-refractivity contribution in [2.24, 2.45) is 0 Å². The second-order valence-electron chi connectivity index (χ2n) is 5.75. The minimum absolute atomic E-state index is 0.620. The molecule has 3 rings (SSSR count). The summed E-state index contributed by atoms with van der Waals surface area (Å²) in [5.74, 6) is -1.37. The highest BCUT2D eigenvalue weighted by atomic mass is 16.2. The van der Waals surface area contributed by atoms with Gasteiger partial charge in [-0.15, -0.1) is 0 Å². The van der Waals surface area contributed by atoms with Gasteiger partial charge in [-0.3, -0.25) is 9.59 Å². The summed E-state index contributed by atoms with van der Waals surface area (Å²) in [5, 5.41) is 7.26. The van der Waals surface area contributed by atoms with E-state index in [1.165, 1.54) is 0 Å². The molecule has 0 saturated carbocycles. The van der Waals surface area contributed by atoms with E-state index in [1.54, 1.807) is 6.07 Å². The van der Waals surface area contributed by atoms with E-state index in [4.69, 9.17) is 0 Å². The first-order chi connectivity index (χ1) is 11.5. The van der Waals surface area contributed by atoms with Gasteiger partial charge in [-0.2, -0.15) is 0 Å². The van der Waals surface area contributed by atoms with Gasteiger partial charge in [-0.25, -0.2) is 0 Å². The lowest BCUT2D eigenvalue weighted by molar-refractivity contribution is -0.132. The maximum atomic E-state index is 12.2. The predicted molar refractivity (Wildman–Crippen MR) is 97.1 cm³/mol. The molecule has 0 fully saturated rings. The molecule has 120 valence electrons. The molecule has 0 saturated heterocycles. The minimum Gasteiger partial charge on any atom is -0.318 e. The lowest BCUT2D eigenvalue weighted by Gasteiger charge is -2.11. The van der Waals surface area contributed by atoms with Crippen molar-refractivity contribution in [3.63, 3.8) is 0 Å². The Morgan fingerprint density at radius 1 is 0.750 bits per heavy atom. The summed E-state index contributed by atoms with van der Waals surface area (Å²) < 4.78 is 0. The Balaban J connectivity index is 1.79. The standard InChI is InChI=1S/C20H18N2O2/c1-13-10-11-14(2)18(12-13)22-20(24)19(23)21-17-9-5-7-15-6-3-4-8-16(15)17/h3-12H,1-2H3,(H,21,23)(H,22,24). The Labute approximate surface area is 140 Å². The molecule has 0 bridgehead atoms. The summed E-state index contributed by atoms with van der Waals surface area (Å²) >= 11 is 0. The van der Waals surface area contributed by atoms with E-state index in [1.807, 2.05) is 68.4 Å². The molecule has 0 aliphatic carbocycles. The van der Waals surface area contributed by atoms with Crippen LogP contribution < -0.4 is 10.6 Å². The molecule has 3 aromatic carbocycles. The first-order valence-electron chi connectivity index (χ1n) is 7.72. The third-order valence-electron chi connectivity index (χ3n) is 3.89. The Morgan fingerprint density at radius 3 is 2.21 bits per heavy atom. The Hall–Kier alpha value is -3.14. The van der Waals surface area contributed by atoms with Crippen molar-refractivity contribution in [2.45, 2.75) is 13.8 Å². The van der Waals surface area contributed by atoms with Gasteiger partial charge in [-0.05, 0) is 42.5 Å². The van der Waals surface area contributed by atoms with Crippen molar-refractivity contribution < 1.29 is 9.59 Å². The molecule has 2 amide bonds. The second-order valence-corrected chi connectivity index (χ2v) is 5.75. The number of aryl methyl sites for hydroxylation is 2. The van der Waals surface area contributed by atoms with Crippen LogP contribution in [0.4, 0.5) is 11.4 Å². The molecule has 0 heterocycles. The van der Waals surface area contributed by atoms with E-state index >= 15 is 0 Å². The van der Waals surface area contributed by atoms with E-state index in [0.717, 1.165) is 21.9 Å². The first-order valence-corrected chi connectivity index (χ1v) is 7.72. The number of amides is 2. The van der Waals surface area contributed by atoms with Gasteiger partial charge in [-0.1, -0.05) is 48.5 Å². The number of rotatable bonds is 2. The summed E-state index contributed by atoms with van der Waals surface area (Å²) in [6.07, 6.45) is 0. The fraction of sp³-hybridized carbons (Fsp3) is 0.100. The molecule has 0 spiro atoms. The van der Waals surface area contributed by atoms with Gasteiger partial charge in [0.1, 0.15) is 0 Å². The molecule has 4 nitrogen and oxygen atoms in total. The van der Waals surface area contributed by atoms with Crippen LogP contribution in [0.15, 0.2) is 60.7 Å². The maximum Gasteiger partial charge on any atom is 0.314 e. The van der Waals surface area contributed by atoms with Gasteiger partial charge in [0.25, 0.3) is 0 Å². The molecular weight excluding hydrogens is 300 g/mol. The van der Waals surface area contributed by atoms with Crippen LogP contribution >= 0.6 is 0 Å². The normalized spacial score (nSPS) is 10.4. The lowest BCUT2D eigenvalue weighted by Crippen LogP contribution is -2.29. The van der Waals surface area contributed by atoms with Crippen LogP contribution in [0.2, 0.25) is 0 Å². The van der Waals surface area contributed by atoms with Crippen LogP contribution in [0.25, 0.3) is 10.8 Å². The van der Waals surface area contributed by atoms with E-state index < -0.39 is 11.8 Å². The molecule has 0 radical (unpaired) electrons. The molecular formula is C20H18N2O2. The van der Waals surface area contributed by atoms with Crippen LogP contribution in [-0.2, 0) is 9.59 Å². The molecule has 24 heavy (non-hydrogen) atoms. The number of anilines is 2. The van der Waals surface area contributed by atoms with Crippen molar-refractivity contribution >= 4 is 34.0 Å². The van der Waals surface area contributed by atoms with E-state index in [-0.39, 0.29) is 0 Å². The molecule has 0 atom stereocenters. The predicted octanol–water partition coefficient (Wildman–Crippen LogP) is 4.03. The number of hydrogen-bond acceptors (Lipinski definition) is 2. The summed E-state index contributed by atoms with van der Waals surface area (Å²) in [6.45, 7) is 3.82. The average molecular weight is 318 g/mol. The fourth-order valence-corrected chi connectivity index (χ4v) is 2.56. The quantitative estimate of drug-likeness (QED) is 0.701. The van der Waals surface area contributed by atoms with Crippen molar-refractivity contribution in [2.75, 3.05) is 10.6 Å². The summed E-state index contributed by atoms with van der Waals surface area (Å²) in [4.78, 5) is 24.4. The number of carbonyl (C=O) groups excluding carboxylic acids is 2. The number of benzene rings is 3. The van der Waals surface area contributed by atoms with Crippen molar-refractivity contribution in [1.29, 1.82) is 0 Å². The minimum atomic E-state index is -0.688. The molecule has 3 aromatic rings. The van der Waals surface area contributed by atoms with Gasteiger partial charge >= 0.3 is 11.8 Å². The van der Waals surface area contributed by atoms with Crippen LogP contribution in [-0.4, -0.2) is 11.8 Å². The molecule has 2 N–H and O–H groups in total. The average Bonchev–Trinajstić information content (AvgIpc) is 2.58. The Kier molecular flexibility index (Phi) is 4.29. The van der Waals surface area contributed by atoms with E-state index in [9.17, 15) is 9.59 Å².